The van der Waals surface area contributed by atoms with Gasteiger partial charge in [-0.1, -0.05) is 80.6 Å². The van der Waals surface area contributed by atoms with E-state index in [-0.39, 0.29) is 10.8 Å². The van der Waals surface area contributed by atoms with Gasteiger partial charge in [-0.2, -0.15) is 0 Å². The Hall–Kier alpha value is -0.860. The lowest BCUT2D eigenvalue weighted by Crippen LogP contribution is -2.10. The molecule has 3 aromatic rings. The standard InChI is InChI=1S/C29H44S2/c1-11-12-13-14-15-16-17-21-23-20(4)27(29(8,9)10)30-24(23)18(2)22-19(3)26(28(5,6)7)31-25(21)22/h11-17H2,1-10H3. The summed E-state index contributed by atoms with van der Waals surface area (Å²) in [7, 11) is 0. The molecule has 2 aromatic heterocycles. The van der Waals surface area contributed by atoms with Gasteiger partial charge in [-0.3, -0.25) is 0 Å². The molecule has 0 saturated heterocycles. The van der Waals surface area contributed by atoms with Crippen LogP contribution in [-0.2, 0) is 17.3 Å². The summed E-state index contributed by atoms with van der Waals surface area (Å²) in [6.45, 7) is 23.7. The van der Waals surface area contributed by atoms with Gasteiger partial charge in [0.15, 0.2) is 0 Å². The number of benzene rings is 1. The second-order valence-electron chi connectivity index (χ2n) is 11.6. The predicted octanol–water partition coefficient (Wildman–Crippen LogP) is 10.5. The van der Waals surface area contributed by atoms with Crippen LogP contribution in [0, 0.1) is 20.8 Å². The number of fused-ring (bicyclic) bond motifs is 2. The van der Waals surface area contributed by atoms with Crippen LogP contribution in [0.2, 0.25) is 0 Å². The summed E-state index contributed by atoms with van der Waals surface area (Å²) in [6.07, 6.45) is 9.40. The third kappa shape index (κ3) is 4.76. The van der Waals surface area contributed by atoms with Crippen LogP contribution in [0.4, 0.5) is 0 Å². The maximum atomic E-state index is 2.39. The maximum Gasteiger partial charge on any atom is 0.0390 e. The van der Waals surface area contributed by atoms with Gasteiger partial charge < -0.3 is 0 Å². The largest absolute Gasteiger partial charge is 0.139 e. The van der Waals surface area contributed by atoms with Crippen molar-refractivity contribution in [3.05, 3.63) is 32.0 Å². The molecule has 0 amide bonds. The molecule has 0 saturated carbocycles. The molecule has 0 radical (unpaired) electrons. The third-order valence-corrected chi connectivity index (χ3v) is 10.3. The highest BCUT2D eigenvalue weighted by Gasteiger charge is 2.28. The topological polar surface area (TPSA) is 0 Å². The number of unbranched alkanes of at least 4 members (excludes halogenated alkanes) is 5. The molecule has 0 unspecified atom stereocenters. The quantitative estimate of drug-likeness (QED) is 0.310. The van der Waals surface area contributed by atoms with Gasteiger partial charge in [0.25, 0.3) is 0 Å². The van der Waals surface area contributed by atoms with Crippen LogP contribution in [0.15, 0.2) is 0 Å². The van der Waals surface area contributed by atoms with Crippen LogP contribution in [0.5, 0.6) is 0 Å². The smallest absolute Gasteiger partial charge is 0.0390 e. The summed E-state index contributed by atoms with van der Waals surface area (Å²) >= 11 is 4.16. The van der Waals surface area contributed by atoms with Crippen LogP contribution < -0.4 is 0 Å². The van der Waals surface area contributed by atoms with Crippen molar-refractivity contribution < 1.29 is 0 Å². The molecule has 0 atom stereocenters. The van der Waals surface area contributed by atoms with Gasteiger partial charge in [0.1, 0.15) is 0 Å². The number of hydrogen-bond donors (Lipinski definition) is 0. The molecular weight excluding hydrogens is 412 g/mol. The first-order valence-corrected chi connectivity index (χ1v) is 14.0. The van der Waals surface area contributed by atoms with Crippen molar-refractivity contribution in [3.8, 4) is 0 Å². The first-order chi connectivity index (χ1) is 14.4. The second kappa shape index (κ2) is 9.18. The van der Waals surface area contributed by atoms with Gasteiger partial charge in [0, 0.05) is 29.9 Å². The highest BCUT2D eigenvalue weighted by molar-refractivity contribution is 7.21. The molecule has 1 aromatic carbocycles. The highest BCUT2D eigenvalue weighted by atomic mass is 32.1. The molecule has 0 aliphatic carbocycles. The Balaban J connectivity index is 2.21. The molecule has 0 fully saturated rings. The minimum Gasteiger partial charge on any atom is -0.139 e. The average molecular weight is 457 g/mol. The Labute approximate surface area is 199 Å². The summed E-state index contributed by atoms with van der Waals surface area (Å²) in [5.74, 6) is 0. The molecule has 2 heterocycles. The lowest BCUT2D eigenvalue weighted by atomic mass is 9.87. The van der Waals surface area contributed by atoms with E-state index in [0.29, 0.717) is 0 Å². The van der Waals surface area contributed by atoms with E-state index in [1.807, 2.05) is 0 Å². The van der Waals surface area contributed by atoms with E-state index in [9.17, 15) is 0 Å². The van der Waals surface area contributed by atoms with Crippen molar-refractivity contribution in [1.29, 1.82) is 0 Å². The minimum atomic E-state index is 0.205. The lowest BCUT2D eigenvalue weighted by Gasteiger charge is -2.18. The second-order valence-corrected chi connectivity index (χ2v) is 13.7. The van der Waals surface area contributed by atoms with Gasteiger partial charge in [0.05, 0.1) is 0 Å². The van der Waals surface area contributed by atoms with Crippen LogP contribution >= 0.6 is 22.7 Å². The maximum absolute atomic E-state index is 2.39. The van der Waals surface area contributed by atoms with Crippen LogP contribution in [-0.4, -0.2) is 0 Å². The van der Waals surface area contributed by atoms with Crippen LogP contribution in [0.3, 0.4) is 0 Å². The van der Waals surface area contributed by atoms with Crippen molar-refractivity contribution in [1.82, 2.24) is 0 Å². The van der Waals surface area contributed by atoms with Gasteiger partial charge >= 0.3 is 0 Å². The first-order valence-electron chi connectivity index (χ1n) is 12.4. The number of thiophene rings is 2. The Morgan fingerprint density at radius 3 is 1.61 bits per heavy atom. The summed E-state index contributed by atoms with van der Waals surface area (Å²) < 4.78 is 3.14. The Kier molecular flexibility index (Phi) is 7.34. The Bertz CT molecular complexity index is 1050. The zero-order valence-electron chi connectivity index (χ0n) is 21.8. The molecule has 0 nitrogen and oxygen atoms in total. The summed E-state index contributed by atoms with van der Waals surface area (Å²) in [5, 5.41) is 3.15. The normalized spacial score (nSPS) is 13.1. The number of aryl methyl sites for hydroxylation is 4. The fourth-order valence-corrected chi connectivity index (χ4v) is 8.20. The fraction of sp³-hybridized carbons (Fsp3) is 0.655. The molecule has 2 heteroatoms. The van der Waals surface area contributed by atoms with E-state index in [2.05, 4.69) is 91.9 Å². The van der Waals surface area contributed by atoms with Gasteiger partial charge in [-0.05, 0) is 66.7 Å². The Morgan fingerprint density at radius 2 is 1.06 bits per heavy atom. The summed E-state index contributed by atoms with van der Waals surface area (Å²) in [5.41, 5.74) is 6.65. The minimum absolute atomic E-state index is 0.205. The SMILES string of the molecule is CCCCCCCCc1c2sc(C(C)(C)C)c(C)c2c(C)c2sc(C(C)(C)C)c(C)c12. The van der Waals surface area contributed by atoms with E-state index in [4.69, 9.17) is 0 Å². The van der Waals surface area contributed by atoms with E-state index in [1.165, 1.54) is 56.1 Å². The average Bonchev–Trinajstić information content (AvgIpc) is 3.19. The molecule has 0 aliphatic rings. The van der Waals surface area contributed by atoms with E-state index in [1.54, 1.807) is 41.1 Å². The Morgan fingerprint density at radius 1 is 0.581 bits per heavy atom. The van der Waals surface area contributed by atoms with Gasteiger partial charge in [-0.15, -0.1) is 22.7 Å². The predicted molar refractivity (Wildman–Crippen MR) is 146 cm³/mol. The summed E-state index contributed by atoms with van der Waals surface area (Å²) in [6, 6.07) is 0. The fourth-order valence-electron chi connectivity index (χ4n) is 5.30. The summed E-state index contributed by atoms with van der Waals surface area (Å²) in [4.78, 5) is 3.14. The lowest BCUT2D eigenvalue weighted by molar-refractivity contribution is 0.600. The van der Waals surface area contributed by atoms with E-state index < -0.39 is 0 Å². The van der Waals surface area contributed by atoms with Crippen molar-refractivity contribution in [2.45, 2.75) is 125 Å². The molecule has 31 heavy (non-hydrogen) atoms. The molecule has 0 bridgehead atoms. The van der Waals surface area contributed by atoms with Crippen molar-refractivity contribution in [2.24, 2.45) is 0 Å². The molecule has 3 rings (SSSR count). The van der Waals surface area contributed by atoms with Gasteiger partial charge in [0.2, 0.25) is 0 Å². The van der Waals surface area contributed by atoms with Crippen molar-refractivity contribution in [2.75, 3.05) is 0 Å². The zero-order valence-corrected chi connectivity index (χ0v) is 23.4. The monoisotopic (exact) mass is 456 g/mol. The molecule has 172 valence electrons. The first kappa shape index (κ1) is 24.8. The number of rotatable bonds is 7. The highest BCUT2D eigenvalue weighted by Crippen LogP contribution is 2.49. The van der Waals surface area contributed by atoms with Crippen molar-refractivity contribution >= 4 is 42.8 Å². The van der Waals surface area contributed by atoms with E-state index >= 15 is 0 Å². The van der Waals surface area contributed by atoms with Crippen LogP contribution in [0.1, 0.15) is 119 Å². The molecule has 0 aliphatic heterocycles. The molecule has 0 spiro atoms. The van der Waals surface area contributed by atoms with Crippen LogP contribution in [0.25, 0.3) is 20.2 Å². The van der Waals surface area contributed by atoms with E-state index in [0.717, 1.165) is 0 Å². The van der Waals surface area contributed by atoms with Crippen molar-refractivity contribution in [3.63, 3.8) is 0 Å². The third-order valence-electron chi connectivity index (χ3n) is 6.73. The van der Waals surface area contributed by atoms with Gasteiger partial charge in [-0.25, -0.2) is 0 Å². The molecule has 0 N–H and O–H groups in total. The molecular formula is C29H44S2. The number of hydrogen-bond acceptors (Lipinski definition) is 2. The zero-order chi connectivity index (χ0) is 23.1.